The quantitative estimate of drug-likeness (QED) is 0.864. The zero-order valence-electron chi connectivity index (χ0n) is 11.1. The zero-order chi connectivity index (χ0) is 13.2. The molecule has 2 rings (SSSR count). The van der Waals surface area contributed by atoms with E-state index in [2.05, 4.69) is 54.6 Å². The molecule has 1 aromatic heterocycles. The predicted octanol–water partition coefficient (Wildman–Crippen LogP) is 2.95. The third kappa shape index (κ3) is 2.39. The highest BCUT2D eigenvalue weighted by Crippen LogP contribution is 2.29. The van der Waals surface area contributed by atoms with Gasteiger partial charge < -0.3 is 10.3 Å². The number of hydrogen-bond donors (Lipinski definition) is 2. The molecule has 1 atom stereocenters. The van der Waals surface area contributed by atoms with E-state index in [-0.39, 0.29) is 11.5 Å². The first kappa shape index (κ1) is 12.7. The lowest BCUT2D eigenvalue weighted by atomic mass is 9.84. The van der Waals surface area contributed by atoms with Gasteiger partial charge >= 0.3 is 0 Å². The Morgan fingerprint density at radius 3 is 2.83 bits per heavy atom. The topological polar surface area (TPSA) is 51.6 Å². The normalized spacial score (nSPS) is 13.4. The number of para-hydroxylation sites is 1. The minimum absolute atomic E-state index is 0.00921. The smallest absolute Gasteiger partial charge is 0.0924 e. The van der Waals surface area contributed by atoms with Gasteiger partial charge in [-0.2, -0.15) is 5.26 Å². The average molecular weight is 241 g/mol. The number of benzene rings is 1. The highest BCUT2D eigenvalue weighted by atomic mass is 14.9. The average Bonchev–Trinajstić information content (AvgIpc) is 2.80. The van der Waals surface area contributed by atoms with Crippen molar-refractivity contribution in [1.29, 1.82) is 5.26 Å². The fraction of sp³-hybridized carbons (Fsp3) is 0.400. The highest BCUT2D eigenvalue weighted by molar-refractivity contribution is 5.84. The second-order valence-corrected chi connectivity index (χ2v) is 5.36. The minimum atomic E-state index is -0.116. The molecular formula is C15H19N3. The van der Waals surface area contributed by atoms with Gasteiger partial charge in [-0.25, -0.2) is 0 Å². The molecule has 0 amide bonds. The van der Waals surface area contributed by atoms with Gasteiger partial charge in [0.25, 0.3) is 0 Å². The molecule has 18 heavy (non-hydrogen) atoms. The number of nitrogens with zero attached hydrogens (tertiary/aromatic N) is 1. The molecule has 0 aliphatic rings. The first-order chi connectivity index (χ1) is 8.54. The van der Waals surface area contributed by atoms with Crippen LogP contribution >= 0.6 is 0 Å². The molecule has 0 saturated heterocycles. The van der Waals surface area contributed by atoms with Crippen molar-refractivity contribution in [1.82, 2.24) is 10.3 Å². The Hall–Kier alpha value is -1.79. The van der Waals surface area contributed by atoms with Crippen LogP contribution in [0, 0.1) is 11.3 Å². The maximum absolute atomic E-state index is 8.82. The second kappa shape index (κ2) is 4.83. The van der Waals surface area contributed by atoms with Crippen LogP contribution in [0.2, 0.25) is 0 Å². The monoisotopic (exact) mass is 241 g/mol. The largest absolute Gasteiger partial charge is 0.361 e. The minimum Gasteiger partial charge on any atom is -0.361 e. The van der Waals surface area contributed by atoms with Crippen LogP contribution in [-0.2, 0) is 5.41 Å². The van der Waals surface area contributed by atoms with Gasteiger partial charge in [0.1, 0.15) is 0 Å². The van der Waals surface area contributed by atoms with E-state index in [4.69, 9.17) is 5.26 Å². The van der Waals surface area contributed by atoms with Gasteiger partial charge in [0.05, 0.1) is 12.1 Å². The van der Waals surface area contributed by atoms with Crippen LogP contribution in [0.1, 0.15) is 26.3 Å². The number of nitriles is 1. The summed E-state index contributed by atoms with van der Waals surface area (Å²) in [4.78, 5) is 3.30. The molecule has 0 aliphatic heterocycles. The number of rotatable bonds is 4. The third-order valence-electron chi connectivity index (χ3n) is 3.36. The van der Waals surface area contributed by atoms with Crippen molar-refractivity contribution in [2.45, 2.75) is 32.2 Å². The van der Waals surface area contributed by atoms with E-state index < -0.39 is 0 Å². The maximum Gasteiger partial charge on any atom is 0.0924 e. The first-order valence-electron chi connectivity index (χ1n) is 6.24. The van der Waals surface area contributed by atoms with Gasteiger partial charge in [-0.1, -0.05) is 32.0 Å². The van der Waals surface area contributed by atoms with Crippen molar-refractivity contribution in [3.63, 3.8) is 0 Å². The molecule has 0 radical (unpaired) electrons. The van der Waals surface area contributed by atoms with Crippen LogP contribution in [0.4, 0.5) is 0 Å². The van der Waals surface area contributed by atoms with E-state index in [1.807, 2.05) is 13.0 Å². The number of fused-ring (bicyclic) bond motifs is 1. The Balaban J connectivity index is 2.27. The molecule has 3 nitrogen and oxygen atoms in total. The second-order valence-electron chi connectivity index (χ2n) is 5.36. The SMILES string of the molecule is CC(C#N)NCC(C)(C)c1c[nH]c2ccccc12. The highest BCUT2D eigenvalue weighted by Gasteiger charge is 2.24. The predicted molar refractivity (Wildman–Crippen MR) is 74.4 cm³/mol. The Morgan fingerprint density at radius 2 is 2.11 bits per heavy atom. The number of aromatic nitrogens is 1. The van der Waals surface area contributed by atoms with Gasteiger partial charge in [0.2, 0.25) is 0 Å². The Kier molecular flexibility index (Phi) is 3.40. The molecule has 0 fully saturated rings. The lowest BCUT2D eigenvalue weighted by Gasteiger charge is -2.25. The standard InChI is InChI=1S/C15H19N3/c1-11(8-16)18-10-15(2,3)13-9-17-14-7-5-4-6-12(13)14/h4-7,9,11,17-18H,10H2,1-3H3. The summed E-state index contributed by atoms with van der Waals surface area (Å²) >= 11 is 0. The summed E-state index contributed by atoms with van der Waals surface area (Å²) in [7, 11) is 0. The van der Waals surface area contributed by atoms with Crippen LogP contribution in [0.15, 0.2) is 30.5 Å². The fourth-order valence-corrected chi connectivity index (χ4v) is 2.18. The molecule has 0 spiro atoms. The van der Waals surface area contributed by atoms with Crippen molar-refractivity contribution >= 4 is 10.9 Å². The number of aromatic amines is 1. The molecule has 2 N–H and O–H groups in total. The maximum atomic E-state index is 8.82. The number of H-pyrrole nitrogens is 1. The van der Waals surface area contributed by atoms with Crippen LogP contribution in [0.3, 0.4) is 0 Å². The Labute approximate surface area is 108 Å². The van der Waals surface area contributed by atoms with E-state index >= 15 is 0 Å². The summed E-state index contributed by atoms with van der Waals surface area (Å²) in [6, 6.07) is 10.4. The van der Waals surface area contributed by atoms with Crippen molar-refractivity contribution in [3.8, 4) is 6.07 Å². The van der Waals surface area contributed by atoms with Gasteiger partial charge in [0, 0.05) is 29.1 Å². The summed E-state index contributed by atoms with van der Waals surface area (Å²) < 4.78 is 0. The first-order valence-corrected chi connectivity index (χ1v) is 6.24. The fourth-order valence-electron chi connectivity index (χ4n) is 2.18. The molecule has 2 aromatic rings. The van der Waals surface area contributed by atoms with E-state index in [1.165, 1.54) is 10.9 Å². The summed E-state index contributed by atoms with van der Waals surface area (Å²) in [5, 5.41) is 13.3. The van der Waals surface area contributed by atoms with Crippen molar-refractivity contribution in [2.24, 2.45) is 0 Å². The van der Waals surface area contributed by atoms with Gasteiger partial charge in [-0.15, -0.1) is 0 Å². The van der Waals surface area contributed by atoms with Crippen molar-refractivity contribution < 1.29 is 0 Å². The zero-order valence-corrected chi connectivity index (χ0v) is 11.1. The van der Waals surface area contributed by atoms with Crippen LogP contribution in [0.25, 0.3) is 10.9 Å². The molecule has 1 aromatic carbocycles. The van der Waals surface area contributed by atoms with E-state index in [9.17, 15) is 0 Å². The van der Waals surface area contributed by atoms with Gasteiger partial charge in [0.15, 0.2) is 0 Å². The van der Waals surface area contributed by atoms with Gasteiger partial charge in [-0.3, -0.25) is 0 Å². The lowest BCUT2D eigenvalue weighted by Crippen LogP contribution is -2.37. The summed E-state index contributed by atoms with van der Waals surface area (Å²) in [6.45, 7) is 7.05. The number of nitrogens with one attached hydrogen (secondary N) is 2. The van der Waals surface area contributed by atoms with Gasteiger partial charge in [-0.05, 0) is 18.6 Å². The lowest BCUT2D eigenvalue weighted by molar-refractivity contribution is 0.460. The molecule has 0 bridgehead atoms. The summed E-state index contributed by atoms with van der Waals surface area (Å²) in [5.41, 5.74) is 2.44. The van der Waals surface area contributed by atoms with Crippen LogP contribution in [0.5, 0.6) is 0 Å². The Morgan fingerprint density at radius 1 is 1.39 bits per heavy atom. The van der Waals surface area contributed by atoms with E-state index in [0.717, 1.165) is 12.1 Å². The van der Waals surface area contributed by atoms with Crippen LogP contribution in [-0.4, -0.2) is 17.6 Å². The summed E-state index contributed by atoms with van der Waals surface area (Å²) in [5.74, 6) is 0. The van der Waals surface area contributed by atoms with Crippen LogP contribution < -0.4 is 5.32 Å². The van der Waals surface area contributed by atoms with E-state index in [1.54, 1.807) is 0 Å². The van der Waals surface area contributed by atoms with Crippen molar-refractivity contribution in [3.05, 3.63) is 36.0 Å². The molecule has 1 unspecified atom stereocenters. The molecular weight excluding hydrogens is 222 g/mol. The summed E-state index contributed by atoms with van der Waals surface area (Å²) in [6.07, 6.45) is 2.07. The molecule has 94 valence electrons. The molecule has 3 heteroatoms. The Bertz CT molecular complexity index is 575. The molecule has 0 aliphatic carbocycles. The van der Waals surface area contributed by atoms with Crippen molar-refractivity contribution in [2.75, 3.05) is 6.54 Å². The number of hydrogen-bond acceptors (Lipinski definition) is 2. The molecule has 0 saturated carbocycles. The third-order valence-corrected chi connectivity index (χ3v) is 3.36. The molecule has 1 heterocycles. The van der Waals surface area contributed by atoms with E-state index in [0.29, 0.717) is 0 Å².